The van der Waals surface area contributed by atoms with Gasteiger partial charge in [-0.25, -0.2) is 0 Å². The van der Waals surface area contributed by atoms with Gasteiger partial charge in [0.25, 0.3) is 0 Å². The molecule has 1 unspecified atom stereocenters. The van der Waals surface area contributed by atoms with Gasteiger partial charge in [0.2, 0.25) is 0 Å². The Hall–Kier alpha value is -0.930. The summed E-state index contributed by atoms with van der Waals surface area (Å²) < 4.78 is 10.5. The van der Waals surface area contributed by atoms with Crippen LogP contribution in [-0.2, 0) is 0 Å². The third-order valence-electron chi connectivity index (χ3n) is 2.88. The standard InChI is InChI=1S/C13H20ClNO2/c1-9(5-4-6-15)10-7-11(14)13(17-3)8-12(10)16-2/h7-9H,4-6,15H2,1-3H3. The zero-order valence-corrected chi connectivity index (χ0v) is 11.4. The largest absolute Gasteiger partial charge is 0.496 e. The van der Waals surface area contributed by atoms with Gasteiger partial charge < -0.3 is 15.2 Å². The SMILES string of the molecule is COc1cc(OC)c(C(C)CCCN)cc1Cl. The van der Waals surface area contributed by atoms with Crippen molar-refractivity contribution in [3.8, 4) is 11.5 Å². The van der Waals surface area contributed by atoms with Crippen LogP contribution in [0.2, 0.25) is 5.02 Å². The van der Waals surface area contributed by atoms with E-state index in [2.05, 4.69) is 6.92 Å². The highest BCUT2D eigenvalue weighted by molar-refractivity contribution is 6.32. The Morgan fingerprint density at radius 1 is 1.24 bits per heavy atom. The zero-order valence-electron chi connectivity index (χ0n) is 10.6. The first-order valence-electron chi connectivity index (χ1n) is 5.75. The Balaban J connectivity index is 3.01. The van der Waals surface area contributed by atoms with E-state index in [1.807, 2.05) is 12.1 Å². The number of methoxy groups -OCH3 is 2. The molecule has 1 aromatic carbocycles. The molecule has 0 aliphatic heterocycles. The number of rotatable bonds is 6. The molecule has 0 radical (unpaired) electrons. The maximum absolute atomic E-state index is 6.13. The van der Waals surface area contributed by atoms with Crippen molar-refractivity contribution in [3.63, 3.8) is 0 Å². The minimum Gasteiger partial charge on any atom is -0.496 e. The highest BCUT2D eigenvalue weighted by atomic mass is 35.5. The summed E-state index contributed by atoms with van der Waals surface area (Å²) in [5.74, 6) is 1.82. The minimum atomic E-state index is 0.372. The highest BCUT2D eigenvalue weighted by Gasteiger charge is 2.15. The number of benzene rings is 1. The fraction of sp³-hybridized carbons (Fsp3) is 0.538. The van der Waals surface area contributed by atoms with Gasteiger partial charge in [0, 0.05) is 6.07 Å². The van der Waals surface area contributed by atoms with E-state index >= 15 is 0 Å². The molecule has 0 saturated heterocycles. The van der Waals surface area contributed by atoms with Crippen LogP contribution in [0.15, 0.2) is 12.1 Å². The van der Waals surface area contributed by atoms with Gasteiger partial charge in [0.15, 0.2) is 0 Å². The van der Waals surface area contributed by atoms with Crippen LogP contribution in [0, 0.1) is 0 Å². The lowest BCUT2D eigenvalue weighted by Crippen LogP contribution is -2.03. The van der Waals surface area contributed by atoms with Crippen LogP contribution in [0.5, 0.6) is 11.5 Å². The van der Waals surface area contributed by atoms with E-state index < -0.39 is 0 Å². The van der Waals surface area contributed by atoms with Crippen LogP contribution in [0.4, 0.5) is 0 Å². The molecule has 0 spiro atoms. The summed E-state index contributed by atoms with van der Waals surface area (Å²) in [4.78, 5) is 0. The van der Waals surface area contributed by atoms with Crippen molar-refractivity contribution >= 4 is 11.6 Å². The zero-order chi connectivity index (χ0) is 12.8. The van der Waals surface area contributed by atoms with Crippen LogP contribution in [0.25, 0.3) is 0 Å². The van der Waals surface area contributed by atoms with Gasteiger partial charge in [-0.2, -0.15) is 0 Å². The molecule has 0 aromatic heterocycles. The molecule has 1 atom stereocenters. The molecule has 4 heteroatoms. The fourth-order valence-corrected chi connectivity index (χ4v) is 2.10. The van der Waals surface area contributed by atoms with E-state index in [0.29, 0.717) is 23.2 Å². The van der Waals surface area contributed by atoms with Gasteiger partial charge in [0.05, 0.1) is 19.2 Å². The van der Waals surface area contributed by atoms with Crippen LogP contribution in [0.1, 0.15) is 31.2 Å². The summed E-state index contributed by atoms with van der Waals surface area (Å²) in [7, 11) is 3.25. The van der Waals surface area contributed by atoms with Crippen LogP contribution >= 0.6 is 11.6 Å². The van der Waals surface area contributed by atoms with E-state index in [1.165, 1.54) is 0 Å². The van der Waals surface area contributed by atoms with Crippen molar-refractivity contribution in [1.82, 2.24) is 0 Å². The lowest BCUT2D eigenvalue weighted by Gasteiger charge is -2.17. The third kappa shape index (κ3) is 3.51. The molecular weight excluding hydrogens is 238 g/mol. The van der Waals surface area contributed by atoms with E-state index in [1.54, 1.807) is 14.2 Å². The molecule has 0 aliphatic rings. The Morgan fingerprint density at radius 2 is 1.88 bits per heavy atom. The van der Waals surface area contributed by atoms with Gasteiger partial charge in [0.1, 0.15) is 11.5 Å². The molecule has 2 N–H and O–H groups in total. The molecule has 96 valence electrons. The summed E-state index contributed by atoms with van der Waals surface area (Å²) >= 11 is 6.13. The number of hydrogen-bond donors (Lipinski definition) is 1. The van der Waals surface area contributed by atoms with Gasteiger partial charge in [-0.15, -0.1) is 0 Å². The number of ether oxygens (including phenoxy) is 2. The Bertz CT molecular complexity index is 369. The Morgan fingerprint density at radius 3 is 2.41 bits per heavy atom. The average molecular weight is 258 g/mol. The van der Waals surface area contributed by atoms with Crippen molar-refractivity contribution < 1.29 is 9.47 Å². The van der Waals surface area contributed by atoms with Crippen molar-refractivity contribution in [1.29, 1.82) is 0 Å². The van der Waals surface area contributed by atoms with E-state index in [9.17, 15) is 0 Å². The Kier molecular flexibility index (Phi) is 5.59. The quantitative estimate of drug-likeness (QED) is 0.851. The van der Waals surface area contributed by atoms with Gasteiger partial charge in [-0.05, 0) is 36.9 Å². The lowest BCUT2D eigenvalue weighted by molar-refractivity contribution is 0.388. The molecule has 17 heavy (non-hydrogen) atoms. The van der Waals surface area contributed by atoms with Crippen molar-refractivity contribution in [3.05, 3.63) is 22.7 Å². The van der Waals surface area contributed by atoms with E-state index in [4.69, 9.17) is 26.8 Å². The monoisotopic (exact) mass is 257 g/mol. The molecular formula is C13H20ClNO2. The second-order valence-corrected chi connectivity index (χ2v) is 4.47. The molecule has 1 rings (SSSR count). The van der Waals surface area contributed by atoms with Crippen LogP contribution in [0.3, 0.4) is 0 Å². The van der Waals surface area contributed by atoms with E-state index in [-0.39, 0.29) is 0 Å². The van der Waals surface area contributed by atoms with E-state index in [0.717, 1.165) is 24.2 Å². The summed E-state index contributed by atoms with van der Waals surface area (Å²) in [5, 5.41) is 0.614. The third-order valence-corrected chi connectivity index (χ3v) is 3.17. The maximum atomic E-state index is 6.13. The first kappa shape index (κ1) is 14.1. The summed E-state index contributed by atoms with van der Waals surface area (Å²) in [6, 6.07) is 3.75. The van der Waals surface area contributed by atoms with Gasteiger partial charge >= 0.3 is 0 Å². The van der Waals surface area contributed by atoms with Crippen LogP contribution in [-0.4, -0.2) is 20.8 Å². The molecule has 0 amide bonds. The predicted octanol–water partition coefficient (Wildman–Crippen LogP) is 3.20. The molecule has 3 nitrogen and oxygen atoms in total. The number of nitrogens with two attached hydrogens (primary N) is 1. The normalized spacial score (nSPS) is 12.3. The number of halogens is 1. The van der Waals surface area contributed by atoms with Gasteiger partial charge in [-0.3, -0.25) is 0 Å². The smallest absolute Gasteiger partial charge is 0.141 e. The average Bonchev–Trinajstić information content (AvgIpc) is 2.35. The van der Waals surface area contributed by atoms with Gasteiger partial charge in [-0.1, -0.05) is 18.5 Å². The maximum Gasteiger partial charge on any atom is 0.141 e. The summed E-state index contributed by atoms with van der Waals surface area (Å²) in [6.45, 7) is 2.85. The second-order valence-electron chi connectivity index (χ2n) is 4.06. The lowest BCUT2D eigenvalue weighted by atomic mass is 9.95. The molecule has 0 heterocycles. The second kappa shape index (κ2) is 6.72. The predicted molar refractivity (Wildman–Crippen MR) is 71.3 cm³/mol. The molecule has 0 fully saturated rings. The molecule has 0 aliphatic carbocycles. The molecule has 0 bridgehead atoms. The number of hydrogen-bond acceptors (Lipinski definition) is 3. The molecule has 1 aromatic rings. The van der Waals surface area contributed by atoms with Crippen LogP contribution < -0.4 is 15.2 Å². The Labute approximate surface area is 108 Å². The van der Waals surface area contributed by atoms with Crippen molar-refractivity contribution in [2.75, 3.05) is 20.8 Å². The first-order valence-corrected chi connectivity index (χ1v) is 6.13. The fourth-order valence-electron chi connectivity index (χ4n) is 1.85. The molecule has 0 saturated carbocycles. The summed E-state index contributed by atoms with van der Waals surface area (Å²) in [5.41, 5.74) is 6.63. The summed E-state index contributed by atoms with van der Waals surface area (Å²) in [6.07, 6.45) is 2.02. The first-order chi connectivity index (χ1) is 8.13. The highest BCUT2D eigenvalue weighted by Crippen LogP contribution is 2.37. The van der Waals surface area contributed by atoms with Crippen molar-refractivity contribution in [2.24, 2.45) is 5.73 Å². The topological polar surface area (TPSA) is 44.5 Å². The minimum absolute atomic E-state index is 0.372. The van der Waals surface area contributed by atoms with Crippen molar-refractivity contribution in [2.45, 2.75) is 25.7 Å².